The van der Waals surface area contributed by atoms with E-state index in [1.165, 1.54) is 12.8 Å². The molecule has 1 aliphatic rings. The van der Waals surface area contributed by atoms with E-state index in [0.717, 1.165) is 31.7 Å². The van der Waals surface area contributed by atoms with Crippen LogP contribution in [-0.4, -0.2) is 29.6 Å². The number of aromatic hydroxyl groups is 1. The minimum Gasteiger partial charge on any atom is -0.506 e. The van der Waals surface area contributed by atoms with Crippen LogP contribution in [-0.2, 0) is 6.54 Å². The molecule has 0 saturated carbocycles. The van der Waals surface area contributed by atoms with Gasteiger partial charge in [0, 0.05) is 6.54 Å². The van der Waals surface area contributed by atoms with Crippen LogP contribution < -0.4 is 5.73 Å². The van der Waals surface area contributed by atoms with Crippen molar-refractivity contribution in [3.05, 3.63) is 28.8 Å². The molecule has 1 aromatic rings. The summed E-state index contributed by atoms with van der Waals surface area (Å²) in [7, 11) is 0. The lowest BCUT2D eigenvalue weighted by Gasteiger charge is -2.31. The van der Waals surface area contributed by atoms with E-state index in [2.05, 4.69) is 4.90 Å². The van der Waals surface area contributed by atoms with Gasteiger partial charge in [0.2, 0.25) is 0 Å². The maximum absolute atomic E-state index is 9.36. The molecular weight excluding hydrogens is 236 g/mol. The van der Waals surface area contributed by atoms with Gasteiger partial charge in [0.05, 0.1) is 5.02 Å². The SMILES string of the molecule is NCC1CCN(Cc2ccc(O)c(Cl)c2)CC1. The van der Waals surface area contributed by atoms with E-state index < -0.39 is 0 Å². The van der Waals surface area contributed by atoms with Crippen LogP contribution in [0.25, 0.3) is 0 Å². The summed E-state index contributed by atoms with van der Waals surface area (Å²) >= 11 is 5.89. The van der Waals surface area contributed by atoms with Crippen molar-refractivity contribution in [2.75, 3.05) is 19.6 Å². The smallest absolute Gasteiger partial charge is 0.134 e. The Labute approximate surface area is 107 Å². The molecule has 1 saturated heterocycles. The van der Waals surface area contributed by atoms with Crippen molar-refractivity contribution in [1.29, 1.82) is 0 Å². The minimum atomic E-state index is 0.150. The quantitative estimate of drug-likeness (QED) is 0.870. The number of likely N-dealkylation sites (tertiary alicyclic amines) is 1. The Bertz CT molecular complexity index is 376. The minimum absolute atomic E-state index is 0.150. The Hall–Kier alpha value is -0.770. The molecule has 0 amide bonds. The summed E-state index contributed by atoms with van der Waals surface area (Å²) in [5.74, 6) is 0.840. The predicted octanol–water partition coefficient (Wildman–Crippen LogP) is 2.22. The molecule has 2 rings (SSSR count). The summed E-state index contributed by atoms with van der Waals surface area (Å²) < 4.78 is 0. The first kappa shape index (κ1) is 12.7. The van der Waals surface area contributed by atoms with Crippen molar-refractivity contribution in [2.45, 2.75) is 19.4 Å². The molecule has 1 aliphatic heterocycles. The van der Waals surface area contributed by atoms with Gasteiger partial charge in [-0.3, -0.25) is 4.90 Å². The highest BCUT2D eigenvalue weighted by Crippen LogP contribution is 2.25. The van der Waals surface area contributed by atoms with E-state index in [4.69, 9.17) is 17.3 Å². The third-order valence-corrected chi connectivity index (χ3v) is 3.76. The Morgan fingerprint density at radius 2 is 2.06 bits per heavy atom. The van der Waals surface area contributed by atoms with Crippen LogP contribution in [0.1, 0.15) is 18.4 Å². The molecule has 3 N–H and O–H groups in total. The lowest BCUT2D eigenvalue weighted by Crippen LogP contribution is -2.35. The van der Waals surface area contributed by atoms with Gasteiger partial charge in [0.1, 0.15) is 5.75 Å². The van der Waals surface area contributed by atoms with E-state index in [9.17, 15) is 5.11 Å². The zero-order valence-corrected chi connectivity index (χ0v) is 10.7. The fourth-order valence-electron chi connectivity index (χ4n) is 2.29. The van der Waals surface area contributed by atoms with Crippen LogP contribution >= 0.6 is 11.6 Å². The first-order chi connectivity index (χ1) is 8.19. The van der Waals surface area contributed by atoms with Crippen LogP contribution in [0.4, 0.5) is 0 Å². The third-order valence-electron chi connectivity index (χ3n) is 3.46. The summed E-state index contributed by atoms with van der Waals surface area (Å²) in [4.78, 5) is 2.41. The number of benzene rings is 1. The van der Waals surface area contributed by atoms with E-state index in [1.54, 1.807) is 6.07 Å². The van der Waals surface area contributed by atoms with Gasteiger partial charge in [0.25, 0.3) is 0 Å². The van der Waals surface area contributed by atoms with E-state index in [0.29, 0.717) is 10.9 Å². The molecular formula is C13H19ClN2O. The first-order valence-electron chi connectivity index (χ1n) is 6.09. The second-order valence-corrected chi connectivity index (χ2v) is 5.15. The molecule has 0 radical (unpaired) electrons. The normalized spacial score (nSPS) is 18.5. The number of nitrogens with two attached hydrogens (primary N) is 1. The van der Waals surface area contributed by atoms with Crippen LogP contribution in [0.3, 0.4) is 0 Å². The van der Waals surface area contributed by atoms with Crippen LogP contribution in [0.5, 0.6) is 5.75 Å². The number of hydrogen-bond donors (Lipinski definition) is 2. The molecule has 3 nitrogen and oxygen atoms in total. The number of hydrogen-bond acceptors (Lipinski definition) is 3. The molecule has 1 heterocycles. The molecule has 94 valence electrons. The molecule has 0 aromatic heterocycles. The average Bonchev–Trinajstić information content (AvgIpc) is 2.35. The van der Waals surface area contributed by atoms with Crippen molar-refractivity contribution < 1.29 is 5.11 Å². The molecule has 17 heavy (non-hydrogen) atoms. The van der Waals surface area contributed by atoms with Gasteiger partial charge in [0.15, 0.2) is 0 Å². The predicted molar refractivity (Wildman–Crippen MR) is 70.2 cm³/mol. The maximum Gasteiger partial charge on any atom is 0.134 e. The number of piperidine rings is 1. The Morgan fingerprint density at radius 1 is 1.35 bits per heavy atom. The standard InChI is InChI=1S/C13H19ClN2O/c14-12-7-11(1-2-13(12)17)9-16-5-3-10(8-15)4-6-16/h1-2,7,10,17H,3-6,8-9,15H2. The Morgan fingerprint density at radius 3 is 2.65 bits per heavy atom. The molecule has 1 fully saturated rings. The summed E-state index contributed by atoms with van der Waals surface area (Å²) in [6.45, 7) is 3.90. The number of phenols is 1. The number of nitrogens with zero attached hydrogens (tertiary/aromatic N) is 1. The maximum atomic E-state index is 9.36. The van der Waals surface area contributed by atoms with Crippen molar-refractivity contribution in [2.24, 2.45) is 11.7 Å². The van der Waals surface area contributed by atoms with E-state index in [-0.39, 0.29) is 5.75 Å². The number of halogens is 1. The second kappa shape index (κ2) is 5.71. The van der Waals surface area contributed by atoms with Crippen molar-refractivity contribution in [1.82, 2.24) is 4.90 Å². The van der Waals surface area contributed by atoms with Crippen molar-refractivity contribution in [3.8, 4) is 5.75 Å². The zero-order chi connectivity index (χ0) is 12.3. The summed E-state index contributed by atoms with van der Waals surface area (Å²) in [5.41, 5.74) is 6.83. The van der Waals surface area contributed by atoms with Gasteiger partial charge >= 0.3 is 0 Å². The topological polar surface area (TPSA) is 49.5 Å². The molecule has 0 spiro atoms. The summed E-state index contributed by atoms with van der Waals surface area (Å²) in [6.07, 6.45) is 2.37. The van der Waals surface area contributed by atoms with Gasteiger partial charge in [-0.25, -0.2) is 0 Å². The van der Waals surface area contributed by atoms with Gasteiger partial charge in [-0.15, -0.1) is 0 Å². The highest BCUT2D eigenvalue weighted by atomic mass is 35.5. The molecule has 0 bridgehead atoms. The first-order valence-corrected chi connectivity index (χ1v) is 6.46. The average molecular weight is 255 g/mol. The second-order valence-electron chi connectivity index (χ2n) is 4.74. The summed E-state index contributed by atoms with van der Waals surface area (Å²) in [5, 5.41) is 9.79. The van der Waals surface area contributed by atoms with Gasteiger partial charge in [-0.1, -0.05) is 17.7 Å². The van der Waals surface area contributed by atoms with Crippen LogP contribution in [0, 0.1) is 5.92 Å². The highest BCUT2D eigenvalue weighted by Gasteiger charge is 2.18. The zero-order valence-electron chi connectivity index (χ0n) is 9.90. The van der Waals surface area contributed by atoms with Gasteiger partial charge in [-0.05, 0) is 56.1 Å². The Balaban J connectivity index is 1.91. The number of phenolic OH excluding ortho intramolecular Hbond substituents is 1. The van der Waals surface area contributed by atoms with Gasteiger partial charge < -0.3 is 10.8 Å². The van der Waals surface area contributed by atoms with Crippen molar-refractivity contribution >= 4 is 11.6 Å². The van der Waals surface area contributed by atoms with Crippen LogP contribution in [0.15, 0.2) is 18.2 Å². The molecule has 0 aliphatic carbocycles. The summed E-state index contributed by atoms with van der Waals surface area (Å²) in [6, 6.07) is 5.42. The van der Waals surface area contributed by atoms with Gasteiger partial charge in [-0.2, -0.15) is 0 Å². The monoisotopic (exact) mass is 254 g/mol. The fraction of sp³-hybridized carbons (Fsp3) is 0.538. The lowest BCUT2D eigenvalue weighted by atomic mass is 9.97. The molecule has 0 unspecified atom stereocenters. The molecule has 1 aromatic carbocycles. The fourth-order valence-corrected chi connectivity index (χ4v) is 2.49. The largest absolute Gasteiger partial charge is 0.506 e. The lowest BCUT2D eigenvalue weighted by molar-refractivity contribution is 0.180. The molecule has 0 atom stereocenters. The third kappa shape index (κ3) is 3.35. The molecule has 4 heteroatoms. The number of rotatable bonds is 3. The van der Waals surface area contributed by atoms with Crippen LogP contribution in [0.2, 0.25) is 5.02 Å². The van der Waals surface area contributed by atoms with Crippen molar-refractivity contribution in [3.63, 3.8) is 0 Å². The van der Waals surface area contributed by atoms with E-state index in [1.807, 2.05) is 12.1 Å². The van der Waals surface area contributed by atoms with E-state index >= 15 is 0 Å². The highest BCUT2D eigenvalue weighted by molar-refractivity contribution is 6.32. The Kier molecular flexibility index (Phi) is 4.26.